The SMILES string of the molecule is COc1cc(F)c(O[C@H]2CC[C@@](C)(C(=O)OCc3cccc4ccccc34)CC2)cc1C(=O)N[C@H]1[C@@H](C(=O)NCC2(C)CCC2)[C@@H]2C=C[C@H]1C2. The number of benzene rings is 3. The Balaban J connectivity index is 0.977. The van der Waals surface area contributed by atoms with Crippen molar-refractivity contribution in [2.45, 2.75) is 84.0 Å². The number of allylic oxidation sites excluding steroid dienone is 1. The van der Waals surface area contributed by atoms with Crippen molar-refractivity contribution in [1.82, 2.24) is 10.6 Å². The van der Waals surface area contributed by atoms with Crippen LogP contribution in [0.2, 0.25) is 0 Å². The highest BCUT2D eigenvalue weighted by atomic mass is 19.1. The number of halogens is 1. The van der Waals surface area contributed by atoms with Crippen LogP contribution in [0, 0.1) is 34.4 Å². The van der Waals surface area contributed by atoms with Gasteiger partial charge >= 0.3 is 5.97 Å². The number of hydrogen-bond donors (Lipinski definition) is 2. The minimum atomic E-state index is -0.679. The van der Waals surface area contributed by atoms with E-state index in [2.05, 4.69) is 29.7 Å². The average molecular weight is 683 g/mol. The quantitative estimate of drug-likeness (QED) is 0.163. The van der Waals surface area contributed by atoms with Gasteiger partial charge in [-0.05, 0) is 91.5 Å². The van der Waals surface area contributed by atoms with Crippen molar-refractivity contribution >= 4 is 28.6 Å². The smallest absolute Gasteiger partial charge is 0.312 e. The van der Waals surface area contributed by atoms with Gasteiger partial charge in [-0.3, -0.25) is 14.4 Å². The van der Waals surface area contributed by atoms with E-state index < -0.39 is 17.1 Å². The normalized spacial score (nSPS) is 27.7. The zero-order chi connectivity index (χ0) is 35.0. The molecule has 0 saturated heterocycles. The molecule has 0 unspecified atom stereocenters. The molecule has 0 heterocycles. The van der Waals surface area contributed by atoms with Crippen LogP contribution in [0.25, 0.3) is 10.8 Å². The summed E-state index contributed by atoms with van der Waals surface area (Å²) in [5.74, 6) is -1.55. The van der Waals surface area contributed by atoms with E-state index in [9.17, 15) is 14.4 Å². The largest absolute Gasteiger partial charge is 0.496 e. The maximum absolute atomic E-state index is 15.3. The van der Waals surface area contributed by atoms with E-state index in [0.717, 1.165) is 35.6 Å². The summed E-state index contributed by atoms with van der Waals surface area (Å²) in [5, 5.41) is 8.43. The highest BCUT2D eigenvalue weighted by molar-refractivity contribution is 5.98. The fraction of sp³-hybridized carbons (Fsp3) is 0.488. The Morgan fingerprint density at radius 2 is 1.66 bits per heavy atom. The number of rotatable bonds is 11. The summed E-state index contributed by atoms with van der Waals surface area (Å²) in [6.45, 7) is 4.95. The van der Waals surface area contributed by atoms with Crippen LogP contribution >= 0.6 is 0 Å². The van der Waals surface area contributed by atoms with E-state index in [4.69, 9.17) is 14.2 Å². The lowest BCUT2D eigenvalue weighted by molar-refractivity contribution is -0.159. The predicted octanol–water partition coefficient (Wildman–Crippen LogP) is 7.29. The third-order valence-electron chi connectivity index (χ3n) is 11.9. The third kappa shape index (κ3) is 6.71. The molecule has 4 atom stereocenters. The predicted molar refractivity (Wildman–Crippen MR) is 188 cm³/mol. The molecule has 2 bridgehead atoms. The Kier molecular flexibility index (Phi) is 9.35. The number of amides is 2. The number of carbonyl (C=O) groups excluding carboxylic acids is 3. The first-order valence-corrected chi connectivity index (χ1v) is 18.0. The molecule has 3 aromatic carbocycles. The van der Waals surface area contributed by atoms with Gasteiger partial charge in [-0.15, -0.1) is 0 Å². The van der Waals surface area contributed by atoms with Crippen LogP contribution in [-0.2, 0) is 20.9 Å². The molecule has 8 nitrogen and oxygen atoms in total. The van der Waals surface area contributed by atoms with Crippen molar-refractivity contribution < 1.29 is 33.0 Å². The molecule has 2 N–H and O–H groups in total. The Morgan fingerprint density at radius 3 is 2.40 bits per heavy atom. The Hall–Kier alpha value is -4.40. The van der Waals surface area contributed by atoms with Crippen molar-refractivity contribution in [2.24, 2.45) is 28.6 Å². The van der Waals surface area contributed by atoms with E-state index >= 15 is 4.39 Å². The topological polar surface area (TPSA) is 103 Å². The Morgan fingerprint density at radius 1 is 0.920 bits per heavy atom. The summed E-state index contributed by atoms with van der Waals surface area (Å²) in [6, 6.07) is 16.2. The van der Waals surface area contributed by atoms with E-state index in [1.54, 1.807) is 0 Å². The number of methoxy groups -OCH3 is 1. The Labute approximate surface area is 293 Å². The molecule has 3 saturated carbocycles. The molecule has 0 aromatic heterocycles. The van der Waals surface area contributed by atoms with Gasteiger partial charge in [0, 0.05) is 18.7 Å². The zero-order valence-corrected chi connectivity index (χ0v) is 29.1. The molecular formula is C41H47FN2O6. The molecule has 0 aliphatic heterocycles. The first-order valence-electron chi connectivity index (χ1n) is 18.0. The molecule has 4 aliphatic carbocycles. The lowest BCUT2D eigenvalue weighted by Crippen LogP contribution is -2.50. The van der Waals surface area contributed by atoms with Gasteiger partial charge in [0.25, 0.3) is 5.91 Å². The highest BCUT2D eigenvalue weighted by Crippen LogP contribution is 2.45. The number of esters is 1. The molecule has 0 spiro atoms. The third-order valence-corrected chi connectivity index (χ3v) is 11.9. The molecule has 4 aliphatic rings. The lowest BCUT2D eigenvalue weighted by Gasteiger charge is -2.39. The first kappa shape index (κ1) is 34.1. The zero-order valence-electron chi connectivity index (χ0n) is 29.1. The van der Waals surface area contributed by atoms with Crippen LogP contribution in [0.4, 0.5) is 4.39 Å². The maximum atomic E-state index is 15.3. The highest BCUT2D eigenvalue weighted by Gasteiger charge is 2.49. The maximum Gasteiger partial charge on any atom is 0.312 e. The Bertz CT molecular complexity index is 1800. The van der Waals surface area contributed by atoms with Crippen molar-refractivity contribution in [3.8, 4) is 11.5 Å². The molecule has 9 heteroatoms. The summed E-state index contributed by atoms with van der Waals surface area (Å²) < 4.78 is 32.7. The van der Waals surface area contributed by atoms with Gasteiger partial charge < -0.3 is 24.8 Å². The van der Waals surface area contributed by atoms with Crippen molar-refractivity contribution in [3.05, 3.63) is 83.7 Å². The van der Waals surface area contributed by atoms with Gasteiger partial charge in [0.05, 0.1) is 30.1 Å². The van der Waals surface area contributed by atoms with E-state index in [1.807, 2.05) is 49.4 Å². The van der Waals surface area contributed by atoms with Gasteiger partial charge in [0.2, 0.25) is 5.91 Å². The van der Waals surface area contributed by atoms with Gasteiger partial charge in [-0.2, -0.15) is 0 Å². The summed E-state index contributed by atoms with van der Waals surface area (Å²) in [5.41, 5.74) is 0.579. The standard InChI is InChI=1S/C41H47FN2O6/c1-40(16-7-17-40)24-43-38(46)35-26-12-13-27(20-26)36(35)44-37(45)31-21-34(32(42)22-33(31)48-3)50-29-14-18-41(2,19-15-29)39(47)49-23-28-10-6-9-25-8-4-5-11-30(25)28/h4-6,8-13,21-22,26-27,29,35-36H,7,14-20,23-24H2,1-3H3,(H,43,46)(H,44,45)/t26-,27+,29-,35+,36-,41+/m1/s1. The van der Waals surface area contributed by atoms with Crippen molar-refractivity contribution in [2.75, 3.05) is 13.7 Å². The molecular weight excluding hydrogens is 635 g/mol. The minimum Gasteiger partial charge on any atom is -0.496 e. The second-order valence-corrected chi connectivity index (χ2v) is 15.4. The summed E-state index contributed by atoms with van der Waals surface area (Å²) in [6.07, 6.45) is 10.2. The number of hydrogen-bond acceptors (Lipinski definition) is 6. The molecule has 7 rings (SSSR count). The fourth-order valence-corrected chi connectivity index (χ4v) is 8.42. The average Bonchev–Trinajstić information content (AvgIpc) is 3.72. The summed E-state index contributed by atoms with van der Waals surface area (Å²) in [4.78, 5) is 40.5. The summed E-state index contributed by atoms with van der Waals surface area (Å²) in [7, 11) is 1.39. The fourth-order valence-electron chi connectivity index (χ4n) is 8.42. The van der Waals surface area contributed by atoms with E-state index in [0.29, 0.717) is 32.2 Å². The van der Waals surface area contributed by atoms with Gasteiger partial charge in [0.1, 0.15) is 12.4 Å². The molecule has 0 radical (unpaired) electrons. The number of fused-ring (bicyclic) bond motifs is 3. The van der Waals surface area contributed by atoms with Crippen LogP contribution in [0.3, 0.4) is 0 Å². The molecule has 50 heavy (non-hydrogen) atoms. The van der Waals surface area contributed by atoms with Crippen molar-refractivity contribution in [1.29, 1.82) is 0 Å². The molecule has 3 fully saturated rings. The molecule has 3 aromatic rings. The lowest BCUT2D eigenvalue weighted by atomic mass is 9.70. The number of ether oxygens (including phenoxy) is 3. The second kappa shape index (κ2) is 13.7. The van der Waals surface area contributed by atoms with Gasteiger partial charge in [-0.25, -0.2) is 4.39 Å². The summed E-state index contributed by atoms with van der Waals surface area (Å²) >= 11 is 0. The second-order valence-electron chi connectivity index (χ2n) is 15.4. The van der Waals surface area contributed by atoms with Crippen LogP contribution in [0.1, 0.15) is 81.1 Å². The van der Waals surface area contributed by atoms with Crippen LogP contribution in [0.5, 0.6) is 11.5 Å². The van der Waals surface area contributed by atoms with Crippen molar-refractivity contribution in [3.63, 3.8) is 0 Å². The van der Waals surface area contributed by atoms with E-state index in [1.165, 1.54) is 25.7 Å². The number of nitrogens with one attached hydrogen (secondary N) is 2. The van der Waals surface area contributed by atoms with Crippen LogP contribution in [0.15, 0.2) is 66.7 Å². The molecule has 2 amide bonds. The monoisotopic (exact) mass is 682 g/mol. The van der Waals surface area contributed by atoms with Gasteiger partial charge in [-0.1, -0.05) is 68.0 Å². The van der Waals surface area contributed by atoms with Crippen LogP contribution in [-0.4, -0.2) is 43.6 Å². The number of carbonyl (C=O) groups is 3. The van der Waals surface area contributed by atoms with Crippen LogP contribution < -0.4 is 20.1 Å². The minimum absolute atomic E-state index is 0.0305. The molecule has 264 valence electrons. The van der Waals surface area contributed by atoms with E-state index in [-0.39, 0.29) is 70.9 Å². The van der Waals surface area contributed by atoms with Gasteiger partial charge in [0.15, 0.2) is 11.6 Å². The first-order chi connectivity index (χ1) is 24.1.